The third-order valence-electron chi connectivity index (χ3n) is 5.99. The largest absolute Gasteiger partial charge is 0.493 e. The van der Waals surface area contributed by atoms with Crippen molar-refractivity contribution in [3.8, 4) is 11.5 Å². The first kappa shape index (κ1) is 21.7. The number of hydrogen-bond acceptors (Lipinski definition) is 6. The second kappa shape index (κ2) is 8.55. The Hall–Kier alpha value is -3.52. The van der Waals surface area contributed by atoms with E-state index in [-0.39, 0.29) is 18.6 Å². The molecular formula is C24H26N2O6. The highest BCUT2D eigenvalue weighted by Gasteiger charge is 2.51. The van der Waals surface area contributed by atoms with Gasteiger partial charge in [0.25, 0.3) is 5.56 Å². The van der Waals surface area contributed by atoms with Crippen molar-refractivity contribution in [3.05, 3.63) is 81.3 Å². The highest BCUT2D eigenvalue weighted by atomic mass is 16.5. The Morgan fingerprint density at radius 2 is 1.81 bits per heavy atom. The fraction of sp³-hybridized carbons (Fsp3) is 0.333. The van der Waals surface area contributed by atoms with Gasteiger partial charge in [-0.15, -0.1) is 0 Å². The number of aromatic nitrogens is 2. The molecule has 0 saturated carbocycles. The second-order valence-corrected chi connectivity index (χ2v) is 8.17. The van der Waals surface area contributed by atoms with Gasteiger partial charge in [-0.1, -0.05) is 36.4 Å². The van der Waals surface area contributed by atoms with Crippen molar-refractivity contribution in [3.63, 3.8) is 0 Å². The van der Waals surface area contributed by atoms with Gasteiger partial charge in [0, 0.05) is 23.6 Å². The number of H-pyrrole nitrogens is 2. The fourth-order valence-electron chi connectivity index (χ4n) is 4.48. The Balaban J connectivity index is 1.78. The molecule has 2 aromatic carbocycles. The van der Waals surface area contributed by atoms with Crippen molar-refractivity contribution >= 4 is 5.97 Å². The molecule has 3 N–H and O–H groups in total. The lowest BCUT2D eigenvalue weighted by atomic mass is 9.66. The molecule has 0 spiro atoms. The van der Waals surface area contributed by atoms with Gasteiger partial charge in [-0.2, -0.15) is 0 Å². The number of aliphatic hydroxyl groups is 1. The molecule has 1 aromatic heterocycles. The third kappa shape index (κ3) is 3.89. The second-order valence-electron chi connectivity index (χ2n) is 8.17. The Morgan fingerprint density at radius 3 is 2.50 bits per heavy atom. The van der Waals surface area contributed by atoms with E-state index in [4.69, 9.17) is 14.2 Å². The van der Waals surface area contributed by atoms with Gasteiger partial charge in [-0.3, -0.25) is 14.7 Å². The molecule has 0 saturated heterocycles. The van der Waals surface area contributed by atoms with Crippen LogP contribution in [-0.4, -0.2) is 41.1 Å². The van der Waals surface area contributed by atoms with E-state index in [9.17, 15) is 14.7 Å². The first-order chi connectivity index (χ1) is 15.4. The van der Waals surface area contributed by atoms with E-state index in [1.165, 1.54) is 14.2 Å². The summed E-state index contributed by atoms with van der Waals surface area (Å²) >= 11 is 0. The van der Waals surface area contributed by atoms with E-state index >= 15 is 0 Å². The predicted molar refractivity (Wildman–Crippen MR) is 117 cm³/mol. The first-order valence-electron chi connectivity index (χ1n) is 10.3. The van der Waals surface area contributed by atoms with E-state index in [0.717, 1.165) is 5.56 Å². The number of rotatable bonds is 6. The van der Waals surface area contributed by atoms with Crippen LogP contribution in [0.4, 0.5) is 0 Å². The van der Waals surface area contributed by atoms with Gasteiger partial charge in [0.2, 0.25) is 0 Å². The van der Waals surface area contributed by atoms with Crippen LogP contribution in [0.15, 0.2) is 53.3 Å². The number of hydrogen-bond donors (Lipinski definition) is 3. The molecule has 8 heteroatoms. The van der Waals surface area contributed by atoms with Gasteiger partial charge < -0.3 is 24.4 Å². The summed E-state index contributed by atoms with van der Waals surface area (Å²) in [4.78, 5) is 26.0. The summed E-state index contributed by atoms with van der Waals surface area (Å²) in [6, 6.07) is 14.5. The number of aromatic amines is 2. The molecule has 1 aliphatic rings. The normalized spacial score (nSPS) is 22.1. The van der Waals surface area contributed by atoms with E-state index in [1.54, 1.807) is 25.1 Å². The van der Waals surface area contributed by atoms with E-state index in [0.29, 0.717) is 28.3 Å². The molecule has 0 unspecified atom stereocenters. The topological polar surface area (TPSA) is 114 Å². The van der Waals surface area contributed by atoms with E-state index in [2.05, 4.69) is 10.2 Å². The van der Waals surface area contributed by atoms with E-state index < -0.39 is 23.4 Å². The molecule has 0 radical (unpaired) electrons. The van der Waals surface area contributed by atoms with Crippen LogP contribution >= 0.6 is 0 Å². The van der Waals surface area contributed by atoms with Gasteiger partial charge >= 0.3 is 5.97 Å². The number of fused-ring (bicyclic) bond motifs is 1. The summed E-state index contributed by atoms with van der Waals surface area (Å²) in [5, 5.41) is 16.8. The van der Waals surface area contributed by atoms with Gasteiger partial charge in [0.1, 0.15) is 6.61 Å². The van der Waals surface area contributed by atoms with Gasteiger partial charge in [0.05, 0.1) is 25.7 Å². The molecule has 168 valence electrons. The summed E-state index contributed by atoms with van der Waals surface area (Å²) in [5.41, 5.74) is 0.646. The van der Waals surface area contributed by atoms with Gasteiger partial charge in [-0.05, 0) is 30.2 Å². The zero-order valence-electron chi connectivity index (χ0n) is 18.2. The summed E-state index contributed by atoms with van der Waals surface area (Å²) < 4.78 is 16.4. The number of nitrogens with one attached hydrogen (secondary N) is 2. The third-order valence-corrected chi connectivity index (χ3v) is 5.99. The smallest absolute Gasteiger partial charge is 0.313 e. The monoisotopic (exact) mass is 438 g/mol. The number of carbonyl (C=O) groups excluding carboxylic acids is 1. The predicted octanol–water partition coefficient (Wildman–Crippen LogP) is 2.52. The highest BCUT2D eigenvalue weighted by Crippen LogP contribution is 2.46. The maximum absolute atomic E-state index is 13.3. The average Bonchev–Trinajstić information content (AvgIpc) is 3.15. The Morgan fingerprint density at radius 1 is 1.09 bits per heavy atom. The van der Waals surface area contributed by atoms with Crippen molar-refractivity contribution in [2.45, 2.75) is 31.5 Å². The van der Waals surface area contributed by atoms with Crippen LogP contribution in [0, 0.1) is 5.92 Å². The zero-order chi connectivity index (χ0) is 22.9. The van der Waals surface area contributed by atoms with Crippen molar-refractivity contribution < 1.29 is 24.1 Å². The quantitative estimate of drug-likeness (QED) is 0.510. The molecule has 8 nitrogen and oxygen atoms in total. The maximum atomic E-state index is 13.3. The molecule has 0 amide bonds. The molecule has 0 aliphatic heterocycles. The van der Waals surface area contributed by atoms with Crippen LogP contribution in [0.25, 0.3) is 0 Å². The molecule has 1 aliphatic carbocycles. The van der Waals surface area contributed by atoms with E-state index in [1.807, 2.05) is 30.3 Å². The summed E-state index contributed by atoms with van der Waals surface area (Å²) in [7, 11) is 3.04. The number of benzene rings is 2. The molecule has 0 bridgehead atoms. The summed E-state index contributed by atoms with van der Waals surface area (Å²) in [5.74, 6) is -1.35. The lowest BCUT2D eigenvalue weighted by Gasteiger charge is -2.40. The van der Waals surface area contributed by atoms with Crippen LogP contribution in [-0.2, 0) is 22.6 Å². The van der Waals surface area contributed by atoms with Gasteiger partial charge in [-0.25, -0.2) is 0 Å². The summed E-state index contributed by atoms with van der Waals surface area (Å²) in [6.07, 6.45) is 0.107. The molecule has 3 atom stereocenters. The lowest BCUT2D eigenvalue weighted by molar-refractivity contribution is -0.161. The molecular weight excluding hydrogens is 412 g/mol. The zero-order valence-corrected chi connectivity index (χ0v) is 18.2. The van der Waals surface area contributed by atoms with Crippen molar-refractivity contribution in [2.75, 3.05) is 14.2 Å². The molecule has 3 aromatic rings. The Labute approximate surface area is 185 Å². The summed E-state index contributed by atoms with van der Waals surface area (Å²) in [6.45, 7) is 1.66. The maximum Gasteiger partial charge on any atom is 0.313 e. The molecule has 0 fully saturated rings. The van der Waals surface area contributed by atoms with Crippen LogP contribution in [0.3, 0.4) is 0 Å². The number of carbonyl (C=O) groups is 1. The van der Waals surface area contributed by atoms with Crippen molar-refractivity contribution in [1.29, 1.82) is 0 Å². The van der Waals surface area contributed by atoms with Crippen molar-refractivity contribution in [1.82, 2.24) is 10.2 Å². The highest BCUT2D eigenvalue weighted by molar-refractivity contribution is 5.77. The van der Waals surface area contributed by atoms with Crippen molar-refractivity contribution in [2.24, 2.45) is 5.92 Å². The fourth-order valence-corrected chi connectivity index (χ4v) is 4.48. The number of methoxy groups -OCH3 is 2. The van der Waals surface area contributed by atoms with Crippen LogP contribution in [0.5, 0.6) is 11.5 Å². The minimum atomic E-state index is -1.45. The minimum absolute atomic E-state index is 0.0707. The van der Waals surface area contributed by atoms with Gasteiger partial charge in [0.15, 0.2) is 11.5 Å². The Bertz CT molecular complexity index is 1160. The minimum Gasteiger partial charge on any atom is -0.493 e. The van der Waals surface area contributed by atoms with Crippen LogP contribution in [0.2, 0.25) is 0 Å². The Kier molecular flexibility index (Phi) is 5.80. The first-order valence-corrected chi connectivity index (χ1v) is 10.3. The SMILES string of the molecule is COc1ccc([C@@H]2c3c([nH][nH]c3=O)C[C@@](C)(O)[C@H]2C(=O)OCc2ccccc2)cc1OC. The lowest BCUT2D eigenvalue weighted by Crippen LogP contribution is -2.50. The average molecular weight is 438 g/mol. The number of ether oxygens (including phenoxy) is 3. The van der Waals surface area contributed by atoms with Crippen LogP contribution < -0.4 is 15.0 Å². The standard InChI is InChI=1S/C24H26N2O6/c1-24(29)12-16-20(22(27)26-25-16)19(15-9-10-17(30-2)18(11-15)31-3)21(24)23(28)32-13-14-7-5-4-6-8-14/h4-11,19,21,29H,12-13H2,1-3H3,(H2,25,26,27)/t19-,21-,24-/m1/s1. The molecule has 32 heavy (non-hydrogen) atoms. The molecule has 1 heterocycles. The molecule has 4 rings (SSSR count). The van der Waals surface area contributed by atoms with Crippen LogP contribution in [0.1, 0.15) is 35.2 Å². The number of esters is 1.